The van der Waals surface area contributed by atoms with E-state index >= 15 is 0 Å². The summed E-state index contributed by atoms with van der Waals surface area (Å²) < 4.78 is 17.5. The van der Waals surface area contributed by atoms with E-state index in [1.54, 1.807) is 6.08 Å². The highest BCUT2D eigenvalue weighted by molar-refractivity contribution is 5.80. The number of aliphatic hydroxyl groups excluding tert-OH is 5. The highest BCUT2D eigenvalue weighted by Crippen LogP contribution is 2.26. The van der Waals surface area contributed by atoms with Gasteiger partial charge in [-0.1, -0.05) is 198 Å². The molecule has 6 N–H and O–H groups in total. The number of nitrogens with one attached hydrogen (secondary N) is 1. The van der Waals surface area contributed by atoms with E-state index in [-0.39, 0.29) is 19.4 Å². The molecule has 11 heteroatoms. The van der Waals surface area contributed by atoms with Gasteiger partial charge in [0.2, 0.25) is 5.91 Å². The Labute approximate surface area is 403 Å². The molecule has 0 saturated carbocycles. The van der Waals surface area contributed by atoms with Gasteiger partial charge in [-0.05, 0) is 70.6 Å². The smallest absolute Gasteiger partial charge is 0.306 e. The number of hydrogen-bond acceptors (Lipinski definition) is 10. The molecule has 1 heterocycles. The molecule has 0 aromatic heterocycles. The minimum atomic E-state index is -1.61. The minimum Gasteiger partial charge on any atom is -0.454 e. The molecule has 0 bridgehead atoms. The molecule has 1 rings (SSSR count). The molecule has 1 aliphatic rings. The second-order valence-electron chi connectivity index (χ2n) is 19.0. The van der Waals surface area contributed by atoms with Crippen molar-refractivity contribution in [1.82, 2.24) is 5.32 Å². The Balaban J connectivity index is 2.77. The maximum atomic E-state index is 13.3. The predicted molar refractivity (Wildman–Crippen MR) is 269 cm³/mol. The Morgan fingerprint density at radius 2 is 1.02 bits per heavy atom. The Morgan fingerprint density at radius 1 is 0.576 bits per heavy atom. The van der Waals surface area contributed by atoms with Crippen LogP contribution in [0, 0.1) is 0 Å². The number of esters is 1. The first-order valence-corrected chi connectivity index (χ1v) is 27.3. The van der Waals surface area contributed by atoms with Crippen molar-refractivity contribution in [1.29, 1.82) is 0 Å². The van der Waals surface area contributed by atoms with Gasteiger partial charge in [-0.25, -0.2) is 0 Å². The molecule has 8 atom stereocenters. The third kappa shape index (κ3) is 32.6. The first-order chi connectivity index (χ1) is 32.2. The molecular formula is C55H101NO10. The van der Waals surface area contributed by atoms with Gasteiger partial charge in [0.05, 0.1) is 25.4 Å². The lowest BCUT2D eigenvalue weighted by molar-refractivity contribution is -0.305. The van der Waals surface area contributed by atoms with Gasteiger partial charge in [0, 0.05) is 6.42 Å². The second kappa shape index (κ2) is 44.1. The third-order valence-electron chi connectivity index (χ3n) is 12.8. The number of hydrogen-bond donors (Lipinski definition) is 6. The number of aliphatic hydroxyl groups is 5. The van der Waals surface area contributed by atoms with Crippen LogP contribution in [0.25, 0.3) is 0 Å². The molecule has 0 aromatic carbocycles. The van der Waals surface area contributed by atoms with Gasteiger partial charge in [-0.2, -0.15) is 0 Å². The topological polar surface area (TPSA) is 175 Å². The Hall–Kier alpha value is -2.12. The maximum absolute atomic E-state index is 13.3. The molecule has 0 radical (unpaired) electrons. The van der Waals surface area contributed by atoms with Crippen LogP contribution < -0.4 is 5.32 Å². The zero-order chi connectivity index (χ0) is 48.3. The van der Waals surface area contributed by atoms with E-state index in [9.17, 15) is 35.1 Å². The van der Waals surface area contributed by atoms with Gasteiger partial charge in [-0.15, -0.1) is 0 Å². The van der Waals surface area contributed by atoms with Crippen molar-refractivity contribution >= 4 is 11.9 Å². The van der Waals surface area contributed by atoms with Gasteiger partial charge in [0.25, 0.3) is 0 Å². The lowest BCUT2D eigenvalue weighted by atomic mass is 9.99. The number of carbonyl (C=O) groups excluding carboxylic acids is 2. The molecule has 1 saturated heterocycles. The van der Waals surface area contributed by atoms with Crippen molar-refractivity contribution in [3.8, 4) is 0 Å². The lowest BCUT2D eigenvalue weighted by Gasteiger charge is -2.41. The van der Waals surface area contributed by atoms with Crippen LogP contribution in [0.5, 0.6) is 0 Å². The average molecular weight is 936 g/mol. The molecular weight excluding hydrogens is 835 g/mol. The molecule has 0 aliphatic carbocycles. The first-order valence-electron chi connectivity index (χ1n) is 27.3. The number of unbranched alkanes of at least 4 members (excludes halogenated alkanes) is 27. The Morgan fingerprint density at radius 3 is 1.53 bits per heavy atom. The van der Waals surface area contributed by atoms with Crippen LogP contribution in [0.2, 0.25) is 0 Å². The average Bonchev–Trinajstić information content (AvgIpc) is 3.31. The van der Waals surface area contributed by atoms with Crippen molar-refractivity contribution in [3.63, 3.8) is 0 Å². The summed E-state index contributed by atoms with van der Waals surface area (Å²) in [7, 11) is 0. The molecule has 1 amide bonds. The monoisotopic (exact) mass is 936 g/mol. The van der Waals surface area contributed by atoms with Crippen molar-refractivity contribution < 1.29 is 49.3 Å². The molecule has 0 aromatic rings. The number of amides is 1. The van der Waals surface area contributed by atoms with Crippen molar-refractivity contribution in [2.45, 2.75) is 288 Å². The molecule has 1 fully saturated rings. The quantitative estimate of drug-likeness (QED) is 0.0196. The fourth-order valence-electron chi connectivity index (χ4n) is 8.33. The van der Waals surface area contributed by atoms with E-state index in [1.165, 1.54) is 103 Å². The van der Waals surface area contributed by atoms with E-state index in [2.05, 4.69) is 50.4 Å². The molecule has 386 valence electrons. The van der Waals surface area contributed by atoms with Crippen molar-refractivity contribution in [2.24, 2.45) is 0 Å². The van der Waals surface area contributed by atoms with Crippen LogP contribution in [0.3, 0.4) is 0 Å². The summed E-state index contributed by atoms with van der Waals surface area (Å²) >= 11 is 0. The van der Waals surface area contributed by atoms with E-state index in [0.717, 1.165) is 89.9 Å². The molecule has 66 heavy (non-hydrogen) atoms. The van der Waals surface area contributed by atoms with Gasteiger partial charge in [0.15, 0.2) is 12.4 Å². The fourth-order valence-corrected chi connectivity index (χ4v) is 8.33. The number of carbonyl (C=O) groups is 2. The molecule has 1 aliphatic heterocycles. The molecule has 11 nitrogen and oxygen atoms in total. The summed E-state index contributed by atoms with van der Waals surface area (Å²) in [5, 5.41) is 56.6. The zero-order valence-corrected chi connectivity index (χ0v) is 42.3. The summed E-state index contributed by atoms with van der Waals surface area (Å²) in [5.74, 6) is -1.21. The molecule has 8 unspecified atom stereocenters. The Kier molecular flexibility index (Phi) is 41.4. The van der Waals surface area contributed by atoms with E-state index in [1.807, 2.05) is 6.08 Å². The highest BCUT2D eigenvalue weighted by atomic mass is 16.7. The maximum Gasteiger partial charge on any atom is 0.306 e. The number of ether oxygens (including phenoxy) is 3. The van der Waals surface area contributed by atoms with Crippen molar-refractivity contribution in [2.75, 3.05) is 13.2 Å². The first kappa shape index (κ1) is 61.9. The summed E-state index contributed by atoms with van der Waals surface area (Å²) in [5.41, 5.74) is 0. The van der Waals surface area contributed by atoms with Crippen LogP contribution >= 0.6 is 0 Å². The molecule has 0 spiro atoms. The SMILES string of the molecule is CCCC/C=C\CCCCCCCC(=O)OC1C(OCC(NC(=O)C(O)CCCCCCCC/C=C\CCCCCC)C(O)/C=C/CCCCCCCCCCCC)OC(CO)C(O)C1O. The van der Waals surface area contributed by atoms with Crippen LogP contribution in [-0.4, -0.2) is 99.6 Å². The van der Waals surface area contributed by atoms with Gasteiger partial charge in [-0.3, -0.25) is 9.59 Å². The van der Waals surface area contributed by atoms with Crippen LogP contribution in [-0.2, 0) is 23.8 Å². The van der Waals surface area contributed by atoms with Crippen LogP contribution in [0.1, 0.15) is 239 Å². The van der Waals surface area contributed by atoms with Crippen LogP contribution in [0.4, 0.5) is 0 Å². The minimum absolute atomic E-state index is 0.114. The van der Waals surface area contributed by atoms with Crippen LogP contribution in [0.15, 0.2) is 36.5 Å². The van der Waals surface area contributed by atoms with E-state index in [4.69, 9.17) is 14.2 Å². The van der Waals surface area contributed by atoms with Crippen molar-refractivity contribution in [3.05, 3.63) is 36.5 Å². The van der Waals surface area contributed by atoms with E-state index in [0.29, 0.717) is 12.8 Å². The summed E-state index contributed by atoms with van der Waals surface area (Å²) in [6.07, 6.45) is 39.1. The third-order valence-corrected chi connectivity index (χ3v) is 12.8. The number of rotatable bonds is 45. The zero-order valence-electron chi connectivity index (χ0n) is 42.3. The summed E-state index contributed by atoms with van der Waals surface area (Å²) in [6.45, 7) is 5.70. The fraction of sp³-hybridized carbons (Fsp3) is 0.855. The summed E-state index contributed by atoms with van der Waals surface area (Å²) in [6, 6.07) is -1.02. The standard InChI is InChI=1S/C55H101NO10/c1-4-7-10-13-16-19-22-24-25-28-30-33-36-39-42-48(59)54(63)56-46(47(58)41-38-35-32-29-27-23-20-17-14-11-8-5-2)45-64-55-53(52(62)51(61)49(44-57)65-55)66-50(60)43-40-37-34-31-26-21-18-15-12-9-6-3/h15,18-19,22,38,41,46-49,51-53,55,57-59,61-62H,4-14,16-17,20-21,23-37,39-40,42-45H2,1-3H3,(H,56,63)/b18-15-,22-19-,41-38+. The van der Waals surface area contributed by atoms with Gasteiger partial charge in [0.1, 0.15) is 24.4 Å². The highest BCUT2D eigenvalue weighted by Gasteiger charge is 2.47. The number of allylic oxidation sites excluding steroid dienone is 5. The predicted octanol–water partition coefficient (Wildman–Crippen LogP) is 11.6. The summed E-state index contributed by atoms with van der Waals surface area (Å²) in [4.78, 5) is 26.3. The van der Waals surface area contributed by atoms with Gasteiger partial charge < -0.3 is 45.1 Å². The van der Waals surface area contributed by atoms with Gasteiger partial charge >= 0.3 is 5.97 Å². The Bertz CT molecular complexity index is 1210. The normalized spacial score (nSPS) is 20.4. The largest absolute Gasteiger partial charge is 0.454 e. The van der Waals surface area contributed by atoms with E-state index < -0.39 is 67.4 Å². The second-order valence-corrected chi connectivity index (χ2v) is 19.0. The lowest BCUT2D eigenvalue weighted by Crippen LogP contribution is -2.61.